The zero-order chi connectivity index (χ0) is 16.7. The molecule has 0 atom stereocenters. The number of aryl methyl sites for hydroxylation is 1. The molecule has 0 aliphatic heterocycles. The van der Waals surface area contributed by atoms with E-state index in [1.54, 1.807) is 12.1 Å². The van der Waals surface area contributed by atoms with Gasteiger partial charge in [-0.3, -0.25) is 4.79 Å². The summed E-state index contributed by atoms with van der Waals surface area (Å²) in [5.74, 6) is -0.210. The highest BCUT2D eigenvalue weighted by Gasteiger charge is 2.05. The monoisotopic (exact) mass is 314 g/mol. The van der Waals surface area contributed by atoms with Crippen LogP contribution >= 0.6 is 0 Å². The Hall–Kier alpha value is -2.20. The molecular formula is C19H23FN2O. The summed E-state index contributed by atoms with van der Waals surface area (Å²) in [6.45, 7) is 5.42. The molecule has 0 aliphatic rings. The van der Waals surface area contributed by atoms with Crippen LogP contribution < -0.4 is 10.6 Å². The highest BCUT2D eigenvalue weighted by molar-refractivity contribution is 5.91. The fourth-order valence-corrected chi connectivity index (χ4v) is 2.31. The number of amides is 1. The molecule has 0 heterocycles. The topological polar surface area (TPSA) is 41.1 Å². The second kappa shape index (κ2) is 8.44. The molecule has 0 unspecified atom stereocenters. The molecule has 2 aromatic carbocycles. The van der Waals surface area contributed by atoms with Crippen LogP contribution in [0.25, 0.3) is 0 Å². The summed E-state index contributed by atoms with van der Waals surface area (Å²) < 4.78 is 12.8. The van der Waals surface area contributed by atoms with Crippen LogP contribution in [0.2, 0.25) is 0 Å². The Kier molecular flexibility index (Phi) is 6.29. The second-order valence-corrected chi connectivity index (χ2v) is 5.67. The molecule has 0 spiro atoms. The van der Waals surface area contributed by atoms with Gasteiger partial charge in [0, 0.05) is 18.7 Å². The SMILES string of the molecule is Cc1cccc(NC(=O)CCNCCc2ccc(F)cc2)c1C. The van der Waals surface area contributed by atoms with Gasteiger partial charge in [0.1, 0.15) is 5.82 Å². The fourth-order valence-electron chi connectivity index (χ4n) is 2.31. The quantitative estimate of drug-likeness (QED) is 0.767. The van der Waals surface area contributed by atoms with Gasteiger partial charge in [0.15, 0.2) is 0 Å². The summed E-state index contributed by atoms with van der Waals surface area (Å²) in [5.41, 5.74) is 4.23. The van der Waals surface area contributed by atoms with Crippen molar-refractivity contribution in [2.24, 2.45) is 0 Å². The van der Waals surface area contributed by atoms with Gasteiger partial charge < -0.3 is 10.6 Å². The first-order chi connectivity index (χ1) is 11.1. The van der Waals surface area contributed by atoms with Crippen LogP contribution in [0.4, 0.5) is 10.1 Å². The van der Waals surface area contributed by atoms with Crippen LogP contribution in [-0.2, 0) is 11.2 Å². The minimum Gasteiger partial charge on any atom is -0.326 e. The van der Waals surface area contributed by atoms with Crippen molar-refractivity contribution in [3.8, 4) is 0 Å². The van der Waals surface area contributed by atoms with Crippen molar-refractivity contribution in [2.75, 3.05) is 18.4 Å². The van der Waals surface area contributed by atoms with E-state index in [1.807, 2.05) is 32.0 Å². The maximum Gasteiger partial charge on any atom is 0.225 e. The summed E-state index contributed by atoms with van der Waals surface area (Å²) in [7, 11) is 0. The lowest BCUT2D eigenvalue weighted by molar-refractivity contribution is -0.116. The van der Waals surface area contributed by atoms with Crippen molar-refractivity contribution >= 4 is 11.6 Å². The molecule has 0 fully saturated rings. The number of benzene rings is 2. The number of nitrogens with one attached hydrogen (secondary N) is 2. The Balaban J connectivity index is 1.67. The first kappa shape index (κ1) is 17.2. The Labute approximate surface area is 136 Å². The normalized spacial score (nSPS) is 10.6. The lowest BCUT2D eigenvalue weighted by atomic mass is 10.1. The number of anilines is 1. The van der Waals surface area contributed by atoms with Crippen LogP contribution in [0, 0.1) is 19.7 Å². The Morgan fingerprint density at radius 1 is 1.04 bits per heavy atom. The van der Waals surface area contributed by atoms with Gasteiger partial charge in [0.2, 0.25) is 5.91 Å². The van der Waals surface area contributed by atoms with Crippen molar-refractivity contribution in [3.63, 3.8) is 0 Å². The number of hydrogen-bond acceptors (Lipinski definition) is 2. The summed E-state index contributed by atoms with van der Waals surface area (Å²) >= 11 is 0. The van der Waals surface area contributed by atoms with Crippen LogP contribution in [-0.4, -0.2) is 19.0 Å². The zero-order valence-corrected chi connectivity index (χ0v) is 13.7. The van der Waals surface area contributed by atoms with E-state index < -0.39 is 0 Å². The molecule has 2 N–H and O–H groups in total. The Morgan fingerprint density at radius 3 is 2.52 bits per heavy atom. The third-order valence-corrected chi connectivity index (χ3v) is 3.91. The van der Waals surface area contributed by atoms with Crippen LogP contribution in [0.5, 0.6) is 0 Å². The molecule has 0 radical (unpaired) electrons. The molecule has 0 saturated carbocycles. The van der Waals surface area contributed by atoms with E-state index in [0.717, 1.165) is 29.8 Å². The minimum absolute atomic E-state index is 0.00739. The maximum atomic E-state index is 12.8. The van der Waals surface area contributed by atoms with Crippen molar-refractivity contribution < 1.29 is 9.18 Å². The predicted octanol–water partition coefficient (Wildman–Crippen LogP) is 3.60. The van der Waals surface area contributed by atoms with Crippen molar-refractivity contribution in [1.82, 2.24) is 5.32 Å². The van der Waals surface area contributed by atoms with E-state index in [1.165, 1.54) is 17.7 Å². The molecule has 0 bridgehead atoms. The van der Waals surface area contributed by atoms with Crippen molar-refractivity contribution in [3.05, 3.63) is 65.0 Å². The van der Waals surface area contributed by atoms with E-state index in [9.17, 15) is 9.18 Å². The van der Waals surface area contributed by atoms with Crippen molar-refractivity contribution in [2.45, 2.75) is 26.7 Å². The average molecular weight is 314 g/mol. The fraction of sp³-hybridized carbons (Fsp3) is 0.316. The highest BCUT2D eigenvalue weighted by atomic mass is 19.1. The molecular weight excluding hydrogens is 291 g/mol. The molecule has 122 valence electrons. The third kappa shape index (κ3) is 5.49. The van der Waals surface area contributed by atoms with E-state index in [4.69, 9.17) is 0 Å². The molecule has 4 heteroatoms. The molecule has 0 aromatic heterocycles. The van der Waals surface area contributed by atoms with E-state index in [-0.39, 0.29) is 11.7 Å². The predicted molar refractivity (Wildman–Crippen MR) is 92.1 cm³/mol. The lowest BCUT2D eigenvalue weighted by Gasteiger charge is -2.10. The van der Waals surface area contributed by atoms with Gasteiger partial charge in [-0.2, -0.15) is 0 Å². The number of carbonyl (C=O) groups excluding carboxylic acids is 1. The molecule has 0 saturated heterocycles. The van der Waals surface area contributed by atoms with Gasteiger partial charge in [-0.25, -0.2) is 4.39 Å². The smallest absolute Gasteiger partial charge is 0.225 e. The standard InChI is InChI=1S/C19H23FN2O/c1-14-4-3-5-18(15(14)2)22-19(23)11-13-21-12-10-16-6-8-17(20)9-7-16/h3-9,21H,10-13H2,1-2H3,(H,22,23). The number of rotatable bonds is 7. The second-order valence-electron chi connectivity index (χ2n) is 5.67. The van der Waals surface area contributed by atoms with Gasteiger partial charge in [-0.1, -0.05) is 24.3 Å². The average Bonchev–Trinajstić information content (AvgIpc) is 2.53. The summed E-state index contributed by atoms with van der Waals surface area (Å²) in [5, 5.41) is 6.18. The summed E-state index contributed by atoms with van der Waals surface area (Å²) in [4.78, 5) is 12.0. The van der Waals surface area contributed by atoms with Crippen LogP contribution in [0.3, 0.4) is 0 Å². The Bertz CT molecular complexity index is 653. The van der Waals surface area contributed by atoms with Crippen LogP contribution in [0.15, 0.2) is 42.5 Å². The number of hydrogen-bond donors (Lipinski definition) is 2. The molecule has 3 nitrogen and oxygen atoms in total. The first-order valence-electron chi connectivity index (χ1n) is 7.87. The highest BCUT2D eigenvalue weighted by Crippen LogP contribution is 2.17. The van der Waals surface area contributed by atoms with Crippen LogP contribution in [0.1, 0.15) is 23.1 Å². The zero-order valence-electron chi connectivity index (χ0n) is 13.7. The van der Waals surface area contributed by atoms with Gasteiger partial charge in [0.25, 0.3) is 0 Å². The number of halogens is 1. The first-order valence-corrected chi connectivity index (χ1v) is 7.87. The summed E-state index contributed by atoms with van der Waals surface area (Å²) in [6.07, 6.45) is 1.25. The molecule has 23 heavy (non-hydrogen) atoms. The molecule has 0 aliphatic carbocycles. The van der Waals surface area contributed by atoms with Gasteiger partial charge >= 0.3 is 0 Å². The number of carbonyl (C=O) groups is 1. The van der Waals surface area contributed by atoms with Gasteiger partial charge in [-0.15, -0.1) is 0 Å². The van der Waals surface area contributed by atoms with Gasteiger partial charge in [-0.05, 0) is 61.7 Å². The van der Waals surface area contributed by atoms with Gasteiger partial charge in [0.05, 0.1) is 0 Å². The third-order valence-electron chi connectivity index (χ3n) is 3.91. The van der Waals surface area contributed by atoms with E-state index in [2.05, 4.69) is 10.6 Å². The summed E-state index contributed by atoms with van der Waals surface area (Å²) in [6, 6.07) is 12.4. The van der Waals surface area contributed by atoms with Crippen molar-refractivity contribution in [1.29, 1.82) is 0 Å². The maximum absolute atomic E-state index is 12.8. The molecule has 2 aromatic rings. The Morgan fingerprint density at radius 2 is 1.78 bits per heavy atom. The minimum atomic E-state index is -0.218. The van der Waals surface area contributed by atoms with E-state index >= 15 is 0 Å². The molecule has 1 amide bonds. The molecule has 2 rings (SSSR count). The largest absolute Gasteiger partial charge is 0.326 e. The lowest BCUT2D eigenvalue weighted by Crippen LogP contribution is -2.23. The van der Waals surface area contributed by atoms with E-state index in [0.29, 0.717) is 13.0 Å².